The van der Waals surface area contributed by atoms with Crippen molar-refractivity contribution in [1.82, 2.24) is 4.98 Å². The number of hydrogen-bond donors (Lipinski definition) is 0. The van der Waals surface area contributed by atoms with Gasteiger partial charge in [0, 0.05) is 17.0 Å². The lowest BCUT2D eigenvalue weighted by atomic mass is 10.1. The number of aryl methyl sites for hydroxylation is 1. The van der Waals surface area contributed by atoms with Crippen molar-refractivity contribution in [2.24, 2.45) is 4.99 Å². The molecule has 160 valence electrons. The van der Waals surface area contributed by atoms with Crippen LogP contribution in [0.4, 0.5) is 5.13 Å². The number of aromatic nitrogens is 1. The molecule has 0 saturated carbocycles. The Morgan fingerprint density at radius 2 is 1.78 bits per heavy atom. The van der Waals surface area contributed by atoms with Crippen LogP contribution >= 0.6 is 11.3 Å². The Kier molecular flexibility index (Phi) is 5.37. The van der Waals surface area contributed by atoms with Crippen LogP contribution < -0.4 is 14.8 Å². The summed E-state index contributed by atoms with van der Waals surface area (Å²) in [5, 5.41) is 2.37. The van der Waals surface area contributed by atoms with Gasteiger partial charge in [0.1, 0.15) is 22.8 Å². The van der Waals surface area contributed by atoms with Crippen LogP contribution in [0, 0.1) is 6.92 Å². The lowest BCUT2D eigenvalue weighted by Crippen LogP contribution is -2.04. The first kappa shape index (κ1) is 20.3. The van der Waals surface area contributed by atoms with E-state index >= 15 is 0 Å². The van der Waals surface area contributed by atoms with E-state index in [4.69, 9.17) is 23.9 Å². The average molecular weight is 443 g/mol. The maximum absolute atomic E-state index is 6.23. The minimum absolute atomic E-state index is 0.594. The van der Waals surface area contributed by atoms with Crippen LogP contribution in [0.1, 0.15) is 12.5 Å². The zero-order valence-electron chi connectivity index (χ0n) is 18.1. The Morgan fingerprint density at radius 1 is 0.969 bits per heavy atom. The summed E-state index contributed by atoms with van der Waals surface area (Å²) in [6.45, 7) is 4.64. The van der Waals surface area contributed by atoms with Crippen LogP contribution in [-0.4, -0.2) is 18.7 Å². The Labute approximate surface area is 189 Å². The van der Waals surface area contributed by atoms with Crippen molar-refractivity contribution in [2.45, 2.75) is 13.8 Å². The summed E-state index contributed by atoms with van der Waals surface area (Å²) in [5.41, 5.74) is 3.84. The Balaban J connectivity index is 1.72. The van der Waals surface area contributed by atoms with E-state index in [9.17, 15) is 0 Å². The molecule has 2 aromatic heterocycles. The fourth-order valence-corrected chi connectivity index (χ4v) is 4.51. The SMILES string of the molecule is CCOc1ccc2oc(-c3ccc(OC)cc3)cc(=Nc3nc4ccc(C)cc4s3)c2c1. The van der Waals surface area contributed by atoms with Gasteiger partial charge in [-0.2, -0.15) is 0 Å². The van der Waals surface area contributed by atoms with Gasteiger partial charge in [-0.25, -0.2) is 9.98 Å². The fraction of sp³-hybridized carbons (Fsp3) is 0.154. The molecule has 0 radical (unpaired) electrons. The van der Waals surface area contributed by atoms with E-state index in [1.54, 1.807) is 18.4 Å². The van der Waals surface area contributed by atoms with Gasteiger partial charge in [-0.05, 0) is 74.0 Å². The van der Waals surface area contributed by atoms with Gasteiger partial charge < -0.3 is 13.9 Å². The van der Waals surface area contributed by atoms with Crippen LogP contribution in [0.2, 0.25) is 0 Å². The minimum Gasteiger partial charge on any atom is -0.497 e. The number of fused-ring (bicyclic) bond motifs is 2. The molecule has 3 aromatic carbocycles. The van der Waals surface area contributed by atoms with Gasteiger partial charge in [-0.15, -0.1) is 0 Å². The van der Waals surface area contributed by atoms with Crippen LogP contribution in [0.5, 0.6) is 11.5 Å². The molecule has 0 aliphatic rings. The van der Waals surface area contributed by atoms with Gasteiger partial charge in [0.25, 0.3) is 0 Å². The fourth-order valence-electron chi connectivity index (χ4n) is 3.57. The molecular formula is C26H22N2O3S. The van der Waals surface area contributed by atoms with Crippen molar-refractivity contribution >= 4 is 37.7 Å². The van der Waals surface area contributed by atoms with Crippen molar-refractivity contribution in [3.05, 3.63) is 77.7 Å². The van der Waals surface area contributed by atoms with Crippen molar-refractivity contribution < 1.29 is 13.9 Å². The normalized spacial score (nSPS) is 11.9. The van der Waals surface area contributed by atoms with Gasteiger partial charge in [0.2, 0.25) is 5.13 Å². The predicted octanol–water partition coefficient (Wildman–Crippen LogP) is 6.66. The quantitative estimate of drug-likeness (QED) is 0.305. The van der Waals surface area contributed by atoms with Gasteiger partial charge >= 0.3 is 0 Å². The highest BCUT2D eigenvalue weighted by molar-refractivity contribution is 7.21. The van der Waals surface area contributed by atoms with E-state index in [2.05, 4.69) is 19.1 Å². The first-order valence-corrected chi connectivity index (χ1v) is 11.2. The molecule has 2 heterocycles. The summed E-state index contributed by atoms with van der Waals surface area (Å²) in [6, 6.07) is 21.8. The smallest absolute Gasteiger partial charge is 0.210 e. The zero-order chi connectivity index (χ0) is 22.1. The topological polar surface area (TPSA) is 56.9 Å². The molecule has 5 aromatic rings. The summed E-state index contributed by atoms with van der Waals surface area (Å²) in [4.78, 5) is 9.64. The highest BCUT2D eigenvalue weighted by Crippen LogP contribution is 2.30. The largest absolute Gasteiger partial charge is 0.497 e. The minimum atomic E-state index is 0.594. The third-order valence-corrected chi connectivity index (χ3v) is 6.06. The van der Waals surface area contributed by atoms with Crippen LogP contribution in [0.15, 0.2) is 76.1 Å². The van der Waals surface area contributed by atoms with E-state index in [-0.39, 0.29) is 0 Å². The molecule has 0 aliphatic heterocycles. The number of thiazole rings is 1. The predicted molar refractivity (Wildman–Crippen MR) is 129 cm³/mol. The van der Waals surface area contributed by atoms with Crippen LogP contribution in [0.25, 0.3) is 32.5 Å². The summed E-state index contributed by atoms with van der Waals surface area (Å²) < 4.78 is 18.4. The number of methoxy groups -OCH3 is 1. The molecule has 0 spiro atoms. The first-order chi connectivity index (χ1) is 15.6. The first-order valence-electron chi connectivity index (χ1n) is 10.4. The van der Waals surface area contributed by atoms with Gasteiger partial charge in [0.05, 0.1) is 29.3 Å². The van der Waals surface area contributed by atoms with Crippen LogP contribution in [-0.2, 0) is 0 Å². The molecule has 0 amide bonds. The highest BCUT2D eigenvalue weighted by Gasteiger charge is 2.10. The average Bonchev–Trinajstić information content (AvgIpc) is 3.21. The Morgan fingerprint density at radius 3 is 2.56 bits per heavy atom. The Bertz CT molecular complexity index is 1480. The molecule has 5 nitrogen and oxygen atoms in total. The molecule has 0 saturated heterocycles. The summed E-state index contributed by atoms with van der Waals surface area (Å²) in [7, 11) is 1.65. The van der Waals surface area contributed by atoms with Gasteiger partial charge in [-0.3, -0.25) is 0 Å². The summed E-state index contributed by atoms with van der Waals surface area (Å²) in [5.74, 6) is 2.30. The summed E-state index contributed by atoms with van der Waals surface area (Å²) in [6.07, 6.45) is 0. The van der Waals surface area contributed by atoms with Crippen molar-refractivity contribution in [2.75, 3.05) is 13.7 Å². The Hall–Kier alpha value is -3.64. The highest BCUT2D eigenvalue weighted by atomic mass is 32.1. The molecular weight excluding hydrogens is 420 g/mol. The molecule has 32 heavy (non-hydrogen) atoms. The maximum Gasteiger partial charge on any atom is 0.210 e. The lowest BCUT2D eigenvalue weighted by molar-refractivity contribution is 0.340. The molecule has 6 heteroatoms. The third kappa shape index (κ3) is 3.97. The van der Waals surface area contributed by atoms with E-state index in [1.807, 2.05) is 61.5 Å². The second-order valence-corrected chi connectivity index (χ2v) is 8.40. The molecule has 0 aliphatic carbocycles. The summed E-state index contributed by atoms with van der Waals surface area (Å²) >= 11 is 1.58. The maximum atomic E-state index is 6.23. The van der Waals surface area contributed by atoms with Crippen molar-refractivity contribution in [1.29, 1.82) is 0 Å². The molecule has 5 rings (SSSR count). The molecule has 0 N–H and O–H groups in total. The zero-order valence-corrected chi connectivity index (χ0v) is 18.9. The van der Waals surface area contributed by atoms with E-state index in [0.29, 0.717) is 11.7 Å². The van der Waals surface area contributed by atoms with E-state index < -0.39 is 0 Å². The van der Waals surface area contributed by atoms with E-state index in [1.165, 1.54) is 5.56 Å². The second-order valence-electron chi connectivity index (χ2n) is 7.39. The number of rotatable bonds is 5. The van der Waals surface area contributed by atoms with Gasteiger partial charge in [-0.1, -0.05) is 17.4 Å². The standard InChI is InChI=1S/C26H22N2O3S/c1-4-30-19-10-12-23-20(14-19)22(15-24(31-23)17-6-8-18(29-3)9-7-17)28-26-27-21-11-5-16(2)13-25(21)32-26/h5-15H,4H2,1-3H3. The number of benzene rings is 3. The second kappa shape index (κ2) is 8.48. The van der Waals surface area contributed by atoms with Crippen LogP contribution in [0.3, 0.4) is 0 Å². The number of nitrogens with zero attached hydrogens (tertiary/aromatic N) is 2. The van der Waals surface area contributed by atoms with Gasteiger partial charge in [0.15, 0.2) is 0 Å². The molecule has 0 bridgehead atoms. The van der Waals surface area contributed by atoms with Crippen molar-refractivity contribution in [3.8, 4) is 22.8 Å². The molecule has 0 atom stereocenters. The monoisotopic (exact) mass is 442 g/mol. The number of ether oxygens (including phenoxy) is 2. The lowest BCUT2D eigenvalue weighted by Gasteiger charge is -2.08. The molecule has 0 unspecified atom stereocenters. The number of hydrogen-bond acceptors (Lipinski definition) is 6. The van der Waals surface area contributed by atoms with Crippen molar-refractivity contribution in [3.63, 3.8) is 0 Å². The van der Waals surface area contributed by atoms with E-state index in [0.717, 1.165) is 49.4 Å². The third-order valence-electron chi connectivity index (χ3n) is 5.15. The molecule has 0 fully saturated rings.